The summed E-state index contributed by atoms with van der Waals surface area (Å²) in [4.78, 5) is 14.2. The molecule has 138 valence electrons. The van der Waals surface area contributed by atoms with Gasteiger partial charge in [0.1, 0.15) is 11.9 Å². The van der Waals surface area contributed by atoms with Crippen LogP contribution in [-0.2, 0) is 9.53 Å². The summed E-state index contributed by atoms with van der Waals surface area (Å²) in [6, 6.07) is 8.81. The molecule has 26 heavy (non-hydrogen) atoms. The first-order valence-electron chi connectivity index (χ1n) is 8.54. The number of rotatable bonds is 5. The van der Waals surface area contributed by atoms with Crippen LogP contribution in [0.4, 0.5) is 13.2 Å². The lowest BCUT2D eigenvalue weighted by Crippen LogP contribution is -2.41. The maximum Gasteiger partial charge on any atom is 0.223 e. The second-order valence-corrected chi connectivity index (χ2v) is 6.37. The van der Waals surface area contributed by atoms with Gasteiger partial charge in [-0.25, -0.2) is 13.2 Å². The Morgan fingerprint density at radius 1 is 0.962 bits per heavy atom. The molecule has 0 aliphatic carbocycles. The fraction of sp³-hybridized carbons (Fsp3) is 0.350. The standard InChI is InChI=1S/C20H20F3NO2/c1-26-20(14-7-10-16(22)17(23)12-14)19(13-5-8-15(21)9-6-13)24-11-3-2-4-18(24)25/h5-10,12,19-20H,2-4,11H2,1H3/t19-,20+/m0/s1. The third kappa shape index (κ3) is 3.75. The zero-order valence-electron chi connectivity index (χ0n) is 14.4. The van der Waals surface area contributed by atoms with Crippen LogP contribution in [0.15, 0.2) is 42.5 Å². The number of hydrogen-bond acceptors (Lipinski definition) is 2. The minimum absolute atomic E-state index is 0.0322. The van der Waals surface area contributed by atoms with Crippen LogP contribution in [0.1, 0.15) is 42.5 Å². The lowest BCUT2D eigenvalue weighted by molar-refractivity contribution is -0.139. The van der Waals surface area contributed by atoms with Gasteiger partial charge in [-0.05, 0) is 48.2 Å². The summed E-state index contributed by atoms with van der Waals surface area (Å²) in [5.41, 5.74) is 1.09. The van der Waals surface area contributed by atoms with Crippen molar-refractivity contribution in [2.24, 2.45) is 0 Å². The Morgan fingerprint density at radius 2 is 1.65 bits per heavy atom. The molecule has 0 spiro atoms. The average molecular weight is 363 g/mol. The summed E-state index contributed by atoms with van der Waals surface area (Å²) in [5, 5.41) is 0. The van der Waals surface area contributed by atoms with Crippen LogP contribution >= 0.6 is 0 Å². The quantitative estimate of drug-likeness (QED) is 0.780. The van der Waals surface area contributed by atoms with Gasteiger partial charge in [0.15, 0.2) is 11.6 Å². The Bertz CT molecular complexity index is 779. The van der Waals surface area contributed by atoms with Gasteiger partial charge in [0, 0.05) is 20.1 Å². The van der Waals surface area contributed by atoms with Gasteiger partial charge >= 0.3 is 0 Å². The van der Waals surface area contributed by atoms with Gasteiger partial charge in [0.25, 0.3) is 0 Å². The molecule has 0 N–H and O–H groups in total. The number of piperidine rings is 1. The van der Waals surface area contributed by atoms with Gasteiger partial charge in [0.2, 0.25) is 5.91 Å². The van der Waals surface area contributed by atoms with Crippen molar-refractivity contribution in [1.29, 1.82) is 0 Å². The Kier molecular flexibility index (Phi) is 5.61. The first-order chi connectivity index (χ1) is 12.5. The molecular formula is C20H20F3NO2. The molecule has 1 aliphatic heterocycles. The van der Waals surface area contributed by atoms with E-state index in [9.17, 15) is 18.0 Å². The number of ether oxygens (including phenoxy) is 1. The second kappa shape index (κ2) is 7.91. The van der Waals surface area contributed by atoms with Crippen LogP contribution in [0.2, 0.25) is 0 Å². The van der Waals surface area contributed by atoms with Crippen molar-refractivity contribution in [1.82, 2.24) is 4.90 Å². The maximum atomic E-state index is 13.8. The third-order valence-corrected chi connectivity index (χ3v) is 4.72. The van der Waals surface area contributed by atoms with Crippen LogP contribution in [0.5, 0.6) is 0 Å². The van der Waals surface area contributed by atoms with E-state index < -0.39 is 23.8 Å². The average Bonchev–Trinajstić information content (AvgIpc) is 2.64. The number of amides is 1. The van der Waals surface area contributed by atoms with Crippen LogP contribution in [-0.4, -0.2) is 24.5 Å². The molecule has 3 nitrogen and oxygen atoms in total. The van der Waals surface area contributed by atoms with E-state index in [-0.39, 0.29) is 11.7 Å². The van der Waals surface area contributed by atoms with Gasteiger partial charge in [0.05, 0.1) is 6.04 Å². The zero-order valence-corrected chi connectivity index (χ0v) is 14.4. The number of likely N-dealkylation sites (tertiary alicyclic amines) is 1. The predicted octanol–water partition coefficient (Wildman–Crippen LogP) is 4.55. The molecule has 0 bridgehead atoms. The molecule has 6 heteroatoms. The molecule has 0 saturated carbocycles. The number of halogens is 3. The number of benzene rings is 2. The van der Waals surface area contributed by atoms with Crippen molar-refractivity contribution in [3.8, 4) is 0 Å². The highest BCUT2D eigenvalue weighted by Crippen LogP contribution is 2.38. The lowest BCUT2D eigenvalue weighted by atomic mass is 9.92. The van der Waals surface area contributed by atoms with E-state index in [1.54, 1.807) is 17.0 Å². The van der Waals surface area contributed by atoms with Crippen molar-refractivity contribution < 1.29 is 22.7 Å². The van der Waals surface area contributed by atoms with Crippen LogP contribution in [0.3, 0.4) is 0 Å². The molecule has 1 saturated heterocycles. The molecule has 0 radical (unpaired) electrons. The third-order valence-electron chi connectivity index (χ3n) is 4.72. The Labute approximate surface area is 150 Å². The summed E-state index contributed by atoms with van der Waals surface area (Å²) in [6.07, 6.45) is 1.37. The van der Waals surface area contributed by atoms with E-state index in [1.165, 1.54) is 25.3 Å². The van der Waals surface area contributed by atoms with Gasteiger partial charge in [-0.3, -0.25) is 4.79 Å². The number of carbonyl (C=O) groups excluding carboxylic acids is 1. The van der Waals surface area contributed by atoms with Crippen molar-refractivity contribution >= 4 is 5.91 Å². The van der Waals surface area contributed by atoms with E-state index in [0.29, 0.717) is 24.1 Å². The minimum Gasteiger partial charge on any atom is -0.374 e. The fourth-order valence-corrected chi connectivity index (χ4v) is 3.44. The summed E-state index contributed by atoms with van der Waals surface area (Å²) in [6.45, 7) is 0.532. The number of carbonyl (C=O) groups is 1. The monoisotopic (exact) mass is 363 g/mol. The molecular weight excluding hydrogens is 343 g/mol. The van der Waals surface area contributed by atoms with E-state index in [2.05, 4.69) is 0 Å². The largest absolute Gasteiger partial charge is 0.374 e. The summed E-state index contributed by atoms with van der Waals surface area (Å²) >= 11 is 0. The Morgan fingerprint density at radius 3 is 2.27 bits per heavy atom. The molecule has 0 aromatic heterocycles. The van der Waals surface area contributed by atoms with Gasteiger partial charge in [-0.1, -0.05) is 18.2 Å². The van der Waals surface area contributed by atoms with Crippen molar-refractivity contribution in [2.75, 3.05) is 13.7 Å². The van der Waals surface area contributed by atoms with Crippen LogP contribution < -0.4 is 0 Å². The Hall–Kier alpha value is -2.34. The molecule has 1 heterocycles. The maximum absolute atomic E-state index is 13.8. The van der Waals surface area contributed by atoms with E-state index in [0.717, 1.165) is 25.0 Å². The first kappa shape index (κ1) is 18.5. The predicted molar refractivity (Wildman–Crippen MR) is 90.8 cm³/mol. The fourth-order valence-electron chi connectivity index (χ4n) is 3.44. The smallest absolute Gasteiger partial charge is 0.223 e. The summed E-state index contributed by atoms with van der Waals surface area (Å²) < 4.78 is 46.1. The van der Waals surface area contributed by atoms with Gasteiger partial charge < -0.3 is 9.64 Å². The van der Waals surface area contributed by atoms with Crippen LogP contribution in [0.25, 0.3) is 0 Å². The second-order valence-electron chi connectivity index (χ2n) is 6.37. The number of nitrogens with zero attached hydrogens (tertiary/aromatic N) is 1. The van der Waals surface area contributed by atoms with Crippen LogP contribution in [0, 0.1) is 17.5 Å². The zero-order chi connectivity index (χ0) is 18.7. The number of methoxy groups -OCH3 is 1. The topological polar surface area (TPSA) is 29.5 Å². The summed E-state index contributed by atoms with van der Waals surface area (Å²) in [5.74, 6) is -2.35. The van der Waals surface area contributed by atoms with E-state index >= 15 is 0 Å². The number of hydrogen-bond donors (Lipinski definition) is 0. The molecule has 2 atom stereocenters. The highest BCUT2D eigenvalue weighted by molar-refractivity contribution is 5.77. The minimum atomic E-state index is -0.979. The molecule has 1 amide bonds. The van der Waals surface area contributed by atoms with Crippen molar-refractivity contribution in [3.63, 3.8) is 0 Å². The normalized spacial score (nSPS) is 17.2. The molecule has 3 rings (SSSR count). The molecule has 2 aromatic carbocycles. The van der Waals surface area contributed by atoms with Gasteiger partial charge in [-0.15, -0.1) is 0 Å². The SMILES string of the molecule is CO[C@H](c1ccc(F)c(F)c1)[C@H](c1ccc(F)cc1)N1CCCCC1=O. The van der Waals surface area contributed by atoms with Gasteiger partial charge in [-0.2, -0.15) is 0 Å². The highest BCUT2D eigenvalue weighted by atomic mass is 19.2. The molecule has 1 aliphatic rings. The lowest BCUT2D eigenvalue weighted by Gasteiger charge is -2.39. The molecule has 1 fully saturated rings. The molecule has 0 unspecified atom stereocenters. The first-order valence-corrected chi connectivity index (χ1v) is 8.54. The van der Waals surface area contributed by atoms with Crippen molar-refractivity contribution in [2.45, 2.75) is 31.4 Å². The van der Waals surface area contributed by atoms with E-state index in [1.807, 2.05) is 0 Å². The summed E-state index contributed by atoms with van der Waals surface area (Å²) in [7, 11) is 1.46. The molecule has 2 aromatic rings. The Balaban J connectivity index is 2.06. The van der Waals surface area contributed by atoms with E-state index in [4.69, 9.17) is 4.74 Å². The highest BCUT2D eigenvalue weighted by Gasteiger charge is 2.35. The van der Waals surface area contributed by atoms with Crippen molar-refractivity contribution in [3.05, 3.63) is 71.0 Å².